The maximum absolute atomic E-state index is 11.3. The summed E-state index contributed by atoms with van der Waals surface area (Å²) in [5.41, 5.74) is 1.70. The van der Waals surface area contributed by atoms with Crippen molar-refractivity contribution in [2.24, 2.45) is 0 Å². The van der Waals surface area contributed by atoms with E-state index in [2.05, 4.69) is 11.1 Å². The number of hydrogen-bond donors (Lipinski definition) is 0. The van der Waals surface area contributed by atoms with Gasteiger partial charge in [0.15, 0.2) is 0 Å². The first-order valence-corrected chi connectivity index (χ1v) is 6.46. The maximum atomic E-state index is 11.3. The second-order valence-electron chi connectivity index (χ2n) is 3.13. The molecule has 0 radical (unpaired) electrons. The molecule has 0 N–H and O–H groups in total. The van der Waals surface area contributed by atoms with Crippen molar-refractivity contribution >= 4 is 13.7 Å². The third-order valence-corrected chi connectivity index (χ3v) is 3.32. The summed E-state index contributed by atoms with van der Waals surface area (Å²) >= 11 is 0. The van der Waals surface area contributed by atoms with Crippen molar-refractivity contribution in [2.75, 3.05) is 6.61 Å². The van der Waals surface area contributed by atoms with E-state index < -0.39 is 7.60 Å². The summed E-state index contributed by atoms with van der Waals surface area (Å²) < 4.78 is 16.0. The van der Waals surface area contributed by atoms with Gasteiger partial charge in [0.05, 0.1) is 6.61 Å². The average Bonchev–Trinajstić information content (AvgIpc) is 2.18. The Kier molecular flexibility index (Phi) is 6.99. The predicted octanol–water partition coefficient (Wildman–Crippen LogP) is -0.577. The minimum atomic E-state index is -3.71. The summed E-state index contributed by atoms with van der Waals surface area (Å²) in [5, 5.41) is 0. The maximum Gasteiger partial charge on any atom is 1.00 e. The van der Waals surface area contributed by atoms with E-state index in [0.717, 1.165) is 11.1 Å². The number of benzene rings is 1. The fourth-order valence-corrected chi connectivity index (χ4v) is 2.37. The standard InChI is InChI=1S/C11H15O3P.Li/c1-3-10-5-7-11(8-6-10)9-15(12,13)14-4-2;/h3,5-8H,1,4,9H2,2H3,(H,12,13);/q;+1/p-1. The second-order valence-corrected chi connectivity index (χ2v) is 4.93. The van der Waals surface area contributed by atoms with E-state index in [1.807, 2.05) is 12.1 Å². The van der Waals surface area contributed by atoms with Gasteiger partial charge in [0, 0.05) is 6.16 Å². The Morgan fingerprint density at radius 2 is 2.00 bits per heavy atom. The predicted molar refractivity (Wildman–Crippen MR) is 59.5 cm³/mol. The van der Waals surface area contributed by atoms with Gasteiger partial charge in [-0.05, 0) is 18.1 Å². The van der Waals surface area contributed by atoms with Crippen molar-refractivity contribution < 1.29 is 32.8 Å². The molecule has 82 valence electrons. The van der Waals surface area contributed by atoms with Gasteiger partial charge in [-0.25, -0.2) is 0 Å². The van der Waals surface area contributed by atoms with Gasteiger partial charge >= 0.3 is 18.9 Å². The van der Waals surface area contributed by atoms with Crippen LogP contribution in [0.5, 0.6) is 0 Å². The van der Waals surface area contributed by atoms with Gasteiger partial charge in [-0.3, -0.25) is 0 Å². The van der Waals surface area contributed by atoms with Crippen LogP contribution in [0.25, 0.3) is 6.08 Å². The van der Waals surface area contributed by atoms with E-state index in [0.29, 0.717) is 0 Å². The largest absolute Gasteiger partial charge is 1.00 e. The van der Waals surface area contributed by atoms with Crippen LogP contribution in [0.1, 0.15) is 18.1 Å². The number of rotatable bonds is 5. The van der Waals surface area contributed by atoms with E-state index in [1.165, 1.54) is 0 Å². The molecule has 0 bridgehead atoms. The quantitative estimate of drug-likeness (QED) is 0.504. The molecule has 1 aromatic rings. The topological polar surface area (TPSA) is 49.4 Å². The summed E-state index contributed by atoms with van der Waals surface area (Å²) in [6, 6.07) is 7.18. The molecule has 1 atom stereocenters. The molecule has 0 fully saturated rings. The molecular formula is C11H14LiO3P. The van der Waals surface area contributed by atoms with Gasteiger partial charge in [-0.1, -0.05) is 36.9 Å². The van der Waals surface area contributed by atoms with Crippen LogP contribution in [0.15, 0.2) is 30.8 Å². The van der Waals surface area contributed by atoms with E-state index in [9.17, 15) is 9.46 Å². The van der Waals surface area contributed by atoms with Crippen molar-refractivity contribution in [2.45, 2.75) is 13.1 Å². The molecule has 0 aromatic heterocycles. The fourth-order valence-electron chi connectivity index (χ4n) is 1.23. The van der Waals surface area contributed by atoms with Crippen LogP contribution in [0, 0.1) is 0 Å². The zero-order chi connectivity index (χ0) is 11.3. The summed E-state index contributed by atoms with van der Waals surface area (Å²) in [7, 11) is -3.71. The molecule has 1 unspecified atom stereocenters. The Balaban J connectivity index is 0.00000225. The Hall–Kier alpha value is -0.293. The van der Waals surface area contributed by atoms with Crippen molar-refractivity contribution in [3.8, 4) is 0 Å². The third kappa shape index (κ3) is 5.16. The first kappa shape index (κ1) is 15.7. The first-order valence-electron chi connectivity index (χ1n) is 4.73. The molecule has 0 amide bonds. The van der Waals surface area contributed by atoms with Crippen LogP contribution < -0.4 is 23.8 Å². The van der Waals surface area contributed by atoms with E-state index in [4.69, 9.17) is 0 Å². The van der Waals surface area contributed by atoms with Crippen LogP contribution in [0.3, 0.4) is 0 Å². The zero-order valence-electron chi connectivity index (χ0n) is 9.68. The van der Waals surface area contributed by atoms with Crippen LogP contribution in [0.4, 0.5) is 0 Å². The molecular weight excluding hydrogens is 218 g/mol. The van der Waals surface area contributed by atoms with Crippen LogP contribution in [0.2, 0.25) is 0 Å². The summed E-state index contributed by atoms with van der Waals surface area (Å²) in [5.74, 6) is 0. The Morgan fingerprint density at radius 3 is 2.44 bits per heavy atom. The summed E-state index contributed by atoms with van der Waals surface area (Å²) in [6.07, 6.45) is 1.65. The molecule has 0 heterocycles. The smallest absolute Gasteiger partial charge is 0.778 e. The van der Waals surface area contributed by atoms with Gasteiger partial charge in [-0.2, -0.15) is 0 Å². The monoisotopic (exact) mass is 232 g/mol. The summed E-state index contributed by atoms with van der Waals surface area (Å²) in [4.78, 5) is 11.3. The molecule has 3 nitrogen and oxygen atoms in total. The van der Waals surface area contributed by atoms with Crippen molar-refractivity contribution in [3.05, 3.63) is 42.0 Å². The molecule has 0 saturated carbocycles. The van der Waals surface area contributed by atoms with E-state index >= 15 is 0 Å². The fraction of sp³-hybridized carbons (Fsp3) is 0.273. The molecule has 0 saturated heterocycles. The molecule has 16 heavy (non-hydrogen) atoms. The van der Waals surface area contributed by atoms with E-state index in [1.54, 1.807) is 25.1 Å². The minimum Gasteiger partial charge on any atom is -0.778 e. The molecule has 0 aliphatic heterocycles. The van der Waals surface area contributed by atoms with Crippen molar-refractivity contribution in [1.82, 2.24) is 0 Å². The van der Waals surface area contributed by atoms with Crippen LogP contribution in [-0.4, -0.2) is 6.61 Å². The Bertz CT molecular complexity index is 375. The van der Waals surface area contributed by atoms with Crippen LogP contribution in [-0.2, 0) is 15.3 Å². The van der Waals surface area contributed by atoms with Crippen molar-refractivity contribution in [1.29, 1.82) is 0 Å². The molecule has 0 aliphatic carbocycles. The Labute approximate surface area is 108 Å². The molecule has 1 rings (SSSR count). The Morgan fingerprint density at radius 1 is 1.44 bits per heavy atom. The molecule has 5 heteroatoms. The zero-order valence-corrected chi connectivity index (χ0v) is 10.6. The molecule has 1 aromatic carbocycles. The van der Waals surface area contributed by atoms with Gasteiger partial charge < -0.3 is 14.0 Å². The molecule has 0 aliphatic rings. The van der Waals surface area contributed by atoms with Crippen LogP contribution >= 0.6 is 7.60 Å². The summed E-state index contributed by atoms with van der Waals surface area (Å²) in [6.45, 7) is 5.47. The van der Waals surface area contributed by atoms with Gasteiger partial charge in [0.25, 0.3) is 0 Å². The normalized spacial score (nSPS) is 13.6. The first-order chi connectivity index (χ1) is 7.07. The third-order valence-electron chi connectivity index (χ3n) is 1.92. The average molecular weight is 232 g/mol. The minimum absolute atomic E-state index is 0. The van der Waals surface area contributed by atoms with Gasteiger partial charge in [0.2, 0.25) is 0 Å². The SMILES string of the molecule is C=Cc1ccc(CP(=O)([O-])OCC)cc1.[Li+]. The van der Waals surface area contributed by atoms with Gasteiger partial charge in [0.1, 0.15) is 7.60 Å². The van der Waals surface area contributed by atoms with Crippen molar-refractivity contribution in [3.63, 3.8) is 0 Å². The number of hydrogen-bond acceptors (Lipinski definition) is 3. The molecule has 0 spiro atoms. The van der Waals surface area contributed by atoms with Gasteiger partial charge in [-0.15, -0.1) is 0 Å². The van der Waals surface area contributed by atoms with E-state index in [-0.39, 0.29) is 31.6 Å². The second kappa shape index (κ2) is 7.12.